The zero-order valence-corrected chi connectivity index (χ0v) is 29.6. The van der Waals surface area contributed by atoms with Crippen molar-refractivity contribution in [2.24, 2.45) is 5.92 Å². The number of nitrogens with zero attached hydrogens (tertiary/aromatic N) is 4. The second-order valence-corrected chi connectivity index (χ2v) is 14.0. The van der Waals surface area contributed by atoms with E-state index < -0.39 is 23.8 Å². The summed E-state index contributed by atoms with van der Waals surface area (Å²) in [6.07, 6.45) is 1.31. The van der Waals surface area contributed by atoms with E-state index in [0.29, 0.717) is 67.4 Å². The van der Waals surface area contributed by atoms with Gasteiger partial charge in [0.05, 0.1) is 35.3 Å². The van der Waals surface area contributed by atoms with E-state index in [9.17, 15) is 14.7 Å². The van der Waals surface area contributed by atoms with Crippen LogP contribution in [0.3, 0.4) is 0 Å². The quantitative estimate of drug-likeness (QED) is 0.191. The number of likely N-dealkylation sites (tertiary alicyclic amines) is 1. The third-order valence-electron chi connectivity index (χ3n) is 10.1. The zero-order valence-electron chi connectivity index (χ0n) is 28.1. The summed E-state index contributed by atoms with van der Waals surface area (Å²) in [6, 6.07) is 13.0. The summed E-state index contributed by atoms with van der Waals surface area (Å²) in [4.78, 5) is 33.6. The number of amides is 1. The van der Waals surface area contributed by atoms with Crippen LogP contribution in [0.15, 0.2) is 42.5 Å². The number of carboxylic acid groups (broad SMARTS) is 1. The Labute approximate surface area is 299 Å². The monoisotopic (exact) mass is 721 g/mol. The van der Waals surface area contributed by atoms with Crippen molar-refractivity contribution >= 4 is 40.8 Å². The van der Waals surface area contributed by atoms with Gasteiger partial charge >= 0.3 is 5.97 Å². The zero-order chi connectivity index (χ0) is 35.3. The molecule has 3 aromatic carbocycles. The molecule has 2 atom stereocenters. The Morgan fingerprint density at radius 2 is 1.86 bits per heavy atom. The first kappa shape index (κ1) is 34.3. The van der Waals surface area contributed by atoms with Crippen molar-refractivity contribution in [2.75, 3.05) is 39.1 Å². The maximum absolute atomic E-state index is 16.0. The van der Waals surface area contributed by atoms with Crippen LogP contribution in [-0.2, 0) is 30.8 Å². The summed E-state index contributed by atoms with van der Waals surface area (Å²) < 4.78 is 29.8. The number of imidazole rings is 1. The van der Waals surface area contributed by atoms with Crippen molar-refractivity contribution in [1.82, 2.24) is 19.4 Å². The molecule has 1 saturated heterocycles. The van der Waals surface area contributed by atoms with Crippen molar-refractivity contribution in [3.05, 3.63) is 92.2 Å². The lowest BCUT2D eigenvalue weighted by Crippen LogP contribution is -2.30. The minimum atomic E-state index is -0.832. The van der Waals surface area contributed by atoms with Gasteiger partial charge in [-0.15, -0.1) is 0 Å². The Morgan fingerprint density at radius 3 is 2.62 bits per heavy atom. The van der Waals surface area contributed by atoms with Crippen LogP contribution in [0.5, 0.6) is 11.5 Å². The minimum absolute atomic E-state index is 0.0269. The molecule has 2 N–H and O–H groups in total. The smallest absolute Gasteiger partial charge is 0.307 e. The van der Waals surface area contributed by atoms with Gasteiger partial charge in [-0.25, -0.2) is 4.98 Å². The number of nitrogens with one attached hydrogen (secondary N) is 1. The first-order chi connectivity index (χ1) is 24.0. The highest BCUT2D eigenvalue weighted by Crippen LogP contribution is 2.46. The molecule has 2 unspecified atom stereocenters. The Balaban J connectivity index is 1.12. The van der Waals surface area contributed by atoms with Crippen LogP contribution in [0.25, 0.3) is 11.1 Å². The number of methoxy groups -OCH3 is 1. The molecule has 2 aliphatic heterocycles. The second kappa shape index (κ2) is 13.9. The number of ether oxygens (including phenoxy) is 2. The number of hydrogen-bond donors (Lipinski definition) is 2. The van der Waals surface area contributed by atoms with E-state index in [1.807, 2.05) is 49.2 Å². The van der Waals surface area contributed by atoms with Crippen molar-refractivity contribution in [2.45, 2.75) is 51.9 Å². The van der Waals surface area contributed by atoms with Crippen LogP contribution < -0.4 is 14.8 Å². The summed E-state index contributed by atoms with van der Waals surface area (Å²) in [7, 11) is 3.43. The molecule has 13 heteroatoms. The molecule has 10 nitrogen and oxygen atoms in total. The van der Waals surface area contributed by atoms with E-state index >= 15 is 4.39 Å². The summed E-state index contributed by atoms with van der Waals surface area (Å²) in [6.45, 7) is 5.54. The average molecular weight is 723 g/mol. The van der Waals surface area contributed by atoms with E-state index in [2.05, 4.69) is 19.8 Å². The van der Waals surface area contributed by atoms with E-state index in [1.54, 1.807) is 12.1 Å². The molecule has 3 aliphatic rings. The molecule has 0 radical (unpaired) electrons. The van der Waals surface area contributed by atoms with Crippen molar-refractivity contribution in [1.29, 1.82) is 0 Å². The van der Waals surface area contributed by atoms with Crippen LogP contribution >= 0.6 is 23.2 Å². The van der Waals surface area contributed by atoms with Gasteiger partial charge in [0.1, 0.15) is 17.6 Å². The molecule has 3 heterocycles. The lowest BCUT2D eigenvalue weighted by atomic mass is 9.96. The van der Waals surface area contributed by atoms with Gasteiger partial charge < -0.3 is 24.5 Å². The average Bonchev–Trinajstić information content (AvgIpc) is 3.81. The van der Waals surface area contributed by atoms with Crippen molar-refractivity contribution < 1.29 is 28.6 Å². The van der Waals surface area contributed by atoms with E-state index in [1.165, 1.54) is 7.11 Å². The number of likely N-dealkylation sites (N-methyl/N-ethyl adjacent to an activating group) is 1. The SMILES string of the molecule is COc1c(CN2CCC(C(=O)O)C2)cc(Cl)c(OC2CCc3c(-c4cccc(NC(=O)c5nc6n(c5C)CCN(C)C6)c4Cl)cccc32)c1F. The normalized spacial score (nSPS) is 18.9. The molecule has 1 amide bonds. The number of rotatable bonds is 9. The van der Waals surface area contributed by atoms with Gasteiger partial charge in [0.15, 0.2) is 11.5 Å². The summed E-state index contributed by atoms with van der Waals surface area (Å²) in [5, 5.41) is 12.9. The maximum atomic E-state index is 16.0. The predicted molar refractivity (Wildman–Crippen MR) is 189 cm³/mol. The molecular formula is C37H38Cl2FN5O5. The Morgan fingerprint density at radius 1 is 1.08 bits per heavy atom. The van der Waals surface area contributed by atoms with Gasteiger partial charge in [0, 0.05) is 43.0 Å². The lowest BCUT2D eigenvalue weighted by Gasteiger charge is -2.23. The van der Waals surface area contributed by atoms with Crippen LogP contribution in [0.2, 0.25) is 10.0 Å². The number of fused-ring (bicyclic) bond motifs is 2. The van der Waals surface area contributed by atoms with Gasteiger partial charge in [-0.05, 0) is 68.6 Å². The van der Waals surface area contributed by atoms with Gasteiger partial charge in [0.25, 0.3) is 5.91 Å². The number of halogens is 3. The summed E-state index contributed by atoms with van der Waals surface area (Å²) in [5.74, 6) is -1.49. The van der Waals surface area contributed by atoms with Crippen LogP contribution in [-0.4, -0.2) is 70.1 Å². The van der Waals surface area contributed by atoms with E-state index in [-0.39, 0.29) is 22.4 Å². The van der Waals surface area contributed by atoms with Crippen molar-refractivity contribution in [3.63, 3.8) is 0 Å². The van der Waals surface area contributed by atoms with E-state index in [4.69, 9.17) is 32.7 Å². The molecule has 1 fully saturated rings. The Hall–Kier alpha value is -4.16. The molecule has 262 valence electrons. The molecule has 0 spiro atoms. The number of aromatic nitrogens is 2. The summed E-state index contributed by atoms with van der Waals surface area (Å²) >= 11 is 13.6. The number of carbonyl (C=O) groups excluding carboxylic acids is 1. The highest BCUT2D eigenvalue weighted by atomic mass is 35.5. The minimum Gasteiger partial charge on any atom is -0.493 e. The fourth-order valence-electron chi connectivity index (χ4n) is 7.46. The Bertz CT molecular complexity index is 2000. The topological polar surface area (TPSA) is 109 Å². The van der Waals surface area contributed by atoms with Crippen LogP contribution in [0.1, 0.15) is 57.6 Å². The fraction of sp³-hybridized carbons (Fsp3) is 0.378. The van der Waals surface area contributed by atoms with Crippen molar-refractivity contribution in [3.8, 4) is 22.6 Å². The largest absolute Gasteiger partial charge is 0.493 e. The highest BCUT2D eigenvalue weighted by Gasteiger charge is 2.33. The fourth-order valence-corrected chi connectivity index (χ4v) is 8.00. The maximum Gasteiger partial charge on any atom is 0.307 e. The van der Waals surface area contributed by atoms with Crippen LogP contribution in [0, 0.1) is 18.7 Å². The Kier molecular flexibility index (Phi) is 9.51. The van der Waals surface area contributed by atoms with Gasteiger partial charge in [-0.3, -0.25) is 19.4 Å². The third-order valence-corrected chi connectivity index (χ3v) is 10.8. The molecule has 7 rings (SSSR count). The number of carboxylic acids is 1. The molecule has 4 aromatic rings. The molecule has 0 bridgehead atoms. The standard InChI is InChI=1S/C37H38Cl2FN5O5/c1-20-33(42-30-19-43(2)14-15-45(20)30)36(46)41-28-9-5-8-26(31(28)39)23-6-4-7-25-24(23)10-11-29(25)50-35-27(38)16-22(34(49-3)32(35)40)18-44-13-12-21(17-44)37(47)48/h4-9,16,21,29H,10-15,17-19H2,1-3H3,(H,41,46)(H,47,48). The molecular weight excluding hydrogens is 684 g/mol. The van der Waals surface area contributed by atoms with Gasteiger partial charge in [0.2, 0.25) is 5.82 Å². The number of benzene rings is 3. The van der Waals surface area contributed by atoms with E-state index in [0.717, 1.165) is 46.9 Å². The molecule has 1 aliphatic carbocycles. The molecule has 0 saturated carbocycles. The van der Waals surface area contributed by atoms with Gasteiger partial charge in [-0.2, -0.15) is 4.39 Å². The second-order valence-electron chi connectivity index (χ2n) is 13.2. The highest BCUT2D eigenvalue weighted by molar-refractivity contribution is 6.36. The first-order valence-corrected chi connectivity index (χ1v) is 17.4. The number of anilines is 1. The first-order valence-electron chi connectivity index (χ1n) is 16.7. The summed E-state index contributed by atoms with van der Waals surface area (Å²) in [5.41, 5.74) is 5.79. The van der Waals surface area contributed by atoms with Crippen LogP contribution in [0.4, 0.5) is 10.1 Å². The third kappa shape index (κ3) is 6.32. The lowest BCUT2D eigenvalue weighted by molar-refractivity contribution is -0.141. The van der Waals surface area contributed by atoms with Gasteiger partial charge in [-0.1, -0.05) is 53.5 Å². The molecule has 1 aromatic heterocycles. The molecule has 50 heavy (non-hydrogen) atoms. The number of carbonyl (C=O) groups is 2. The predicted octanol–water partition coefficient (Wildman–Crippen LogP) is 6.98. The number of aliphatic carboxylic acids is 1. The number of hydrogen-bond acceptors (Lipinski definition) is 7.